The number of hydrogen-bond donors (Lipinski definition) is 3. The largest absolute Gasteiger partial charge is 0.497 e. The topological polar surface area (TPSA) is 89.3 Å². The van der Waals surface area contributed by atoms with E-state index in [2.05, 4.69) is 15.7 Å². The number of nitrogens with one attached hydrogen (secondary N) is 2. The summed E-state index contributed by atoms with van der Waals surface area (Å²) in [6.45, 7) is 2.23. The molecule has 0 bridgehead atoms. The molecule has 0 spiro atoms. The normalized spacial score (nSPS) is 10.0. The second-order valence-electron chi connectivity index (χ2n) is 4.55. The van der Waals surface area contributed by atoms with Crippen molar-refractivity contribution in [3.05, 3.63) is 53.3 Å². The van der Waals surface area contributed by atoms with Gasteiger partial charge in [0, 0.05) is 18.4 Å². The number of ether oxygens (including phenoxy) is 1. The van der Waals surface area contributed by atoms with Gasteiger partial charge in [-0.15, -0.1) is 0 Å². The van der Waals surface area contributed by atoms with Crippen LogP contribution in [0.3, 0.4) is 0 Å². The lowest BCUT2D eigenvalue weighted by Crippen LogP contribution is -2.25. The Labute approximate surface area is 123 Å². The third-order valence-corrected chi connectivity index (χ3v) is 3.03. The predicted molar refractivity (Wildman–Crippen MR) is 80.9 cm³/mol. The molecule has 0 saturated carbocycles. The molecule has 1 aromatic carbocycles. The zero-order chi connectivity index (χ0) is 15.2. The summed E-state index contributed by atoms with van der Waals surface area (Å²) >= 11 is 0. The quantitative estimate of drug-likeness (QED) is 0.574. The minimum atomic E-state index is -0.238. The number of nitrogen functional groups attached to an aromatic ring is 1. The number of hydrogen-bond acceptors (Lipinski definition) is 5. The molecule has 6 nitrogen and oxygen atoms in total. The molecule has 0 atom stereocenters. The highest BCUT2D eigenvalue weighted by Gasteiger charge is 2.11. The number of nitrogens with zero attached hydrogens (tertiary/aromatic N) is 1. The summed E-state index contributed by atoms with van der Waals surface area (Å²) in [5, 5.41) is 2.83. The summed E-state index contributed by atoms with van der Waals surface area (Å²) in [5.41, 5.74) is 5.20. The summed E-state index contributed by atoms with van der Waals surface area (Å²) in [6.07, 6.45) is 1.51. The third-order valence-electron chi connectivity index (χ3n) is 3.03. The van der Waals surface area contributed by atoms with Gasteiger partial charge in [0.1, 0.15) is 5.75 Å². The van der Waals surface area contributed by atoms with Gasteiger partial charge >= 0.3 is 0 Å². The van der Waals surface area contributed by atoms with E-state index in [1.54, 1.807) is 13.2 Å². The lowest BCUT2D eigenvalue weighted by atomic mass is 10.2. The molecular weight excluding hydrogens is 268 g/mol. The van der Waals surface area contributed by atoms with Crippen molar-refractivity contribution < 1.29 is 9.53 Å². The molecule has 1 amide bonds. The summed E-state index contributed by atoms with van der Waals surface area (Å²) in [5.74, 6) is 5.94. The number of methoxy groups -OCH3 is 1. The van der Waals surface area contributed by atoms with E-state index in [-0.39, 0.29) is 5.91 Å². The van der Waals surface area contributed by atoms with Crippen molar-refractivity contribution in [2.75, 3.05) is 12.5 Å². The molecule has 0 fully saturated rings. The second-order valence-corrected chi connectivity index (χ2v) is 4.55. The molecule has 1 aromatic heterocycles. The number of nitrogens with two attached hydrogens (primary N) is 1. The zero-order valence-electron chi connectivity index (χ0n) is 12.0. The van der Waals surface area contributed by atoms with Crippen LogP contribution in [-0.2, 0) is 6.54 Å². The maximum absolute atomic E-state index is 12.2. The van der Waals surface area contributed by atoms with Crippen LogP contribution in [0, 0.1) is 6.92 Å². The number of amides is 1. The molecule has 0 radical (unpaired) electrons. The molecule has 4 N–H and O–H groups in total. The first kappa shape index (κ1) is 14.8. The number of aryl methyl sites for hydroxylation is 1. The van der Waals surface area contributed by atoms with Crippen molar-refractivity contribution in [3.8, 4) is 5.75 Å². The number of aromatic nitrogens is 1. The number of carbonyl (C=O) groups excluding carboxylic acids is 1. The van der Waals surface area contributed by atoms with Crippen LogP contribution >= 0.6 is 0 Å². The van der Waals surface area contributed by atoms with Crippen LogP contribution in [0.25, 0.3) is 0 Å². The number of pyridine rings is 1. The maximum Gasteiger partial charge on any atom is 0.255 e. The zero-order valence-corrected chi connectivity index (χ0v) is 12.0. The van der Waals surface area contributed by atoms with E-state index < -0.39 is 0 Å². The SMILES string of the molecule is COc1cccc(CNC(=O)c2cnc(C)cc2NN)c1. The smallest absolute Gasteiger partial charge is 0.255 e. The summed E-state index contributed by atoms with van der Waals surface area (Å²) in [7, 11) is 1.61. The van der Waals surface area contributed by atoms with Crippen molar-refractivity contribution in [1.82, 2.24) is 10.3 Å². The van der Waals surface area contributed by atoms with Crippen LogP contribution in [0.4, 0.5) is 5.69 Å². The molecule has 21 heavy (non-hydrogen) atoms. The van der Waals surface area contributed by atoms with Crippen molar-refractivity contribution in [2.45, 2.75) is 13.5 Å². The van der Waals surface area contributed by atoms with Gasteiger partial charge in [-0.1, -0.05) is 12.1 Å². The predicted octanol–water partition coefficient (Wildman–Crippen LogP) is 1.61. The van der Waals surface area contributed by atoms with Gasteiger partial charge in [0.15, 0.2) is 0 Å². The Morgan fingerprint density at radius 3 is 2.90 bits per heavy atom. The highest BCUT2D eigenvalue weighted by atomic mass is 16.5. The van der Waals surface area contributed by atoms with E-state index in [0.717, 1.165) is 17.0 Å². The van der Waals surface area contributed by atoms with Crippen LogP contribution in [0.1, 0.15) is 21.6 Å². The molecule has 2 aromatic rings. The highest BCUT2D eigenvalue weighted by molar-refractivity contribution is 5.99. The Morgan fingerprint density at radius 2 is 2.19 bits per heavy atom. The first-order valence-corrected chi connectivity index (χ1v) is 6.48. The summed E-state index contributed by atoms with van der Waals surface area (Å²) in [4.78, 5) is 16.3. The fourth-order valence-corrected chi connectivity index (χ4v) is 1.92. The first-order chi connectivity index (χ1) is 10.1. The van der Waals surface area contributed by atoms with E-state index in [0.29, 0.717) is 17.8 Å². The summed E-state index contributed by atoms with van der Waals surface area (Å²) < 4.78 is 5.15. The average molecular weight is 286 g/mol. The number of hydrazine groups is 1. The number of rotatable bonds is 5. The van der Waals surface area contributed by atoms with Crippen LogP contribution in [0.15, 0.2) is 36.5 Å². The van der Waals surface area contributed by atoms with E-state index in [1.165, 1.54) is 6.20 Å². The molecule has 110 valence electrons. The number of benzene rings is 1. The van der Waals surface area contributed by atoms with Gasteiger partial charge in [0.05, 0.1) is 18.4 Å². The Balaban J connectivity index is 2.08. The van der Waals surface area contributed by atoms with Gasteiger partial charge in [-0.2, -0.15) is 0 Å². The minimum absolute atomic E-state index is 0.238. The van der Waals surface area contributed by atoms with Crippen LogP contribution < -0.4 is 21.3 Å². The molecule has 0 aliphatic heterocycles. The molecule has 2 rings (SSSR count). The van der Waals surface area contributed by atoms with Gasteiger partial charge in [-0.25, -0.2) is 0 Å². The van der Waals surface area contributed by atoms with E-state index in [1.807, 2.05) is 31.2 Å². The Hall–Kier alpha value is -2.60. The molecule has 0 aliphatic rings. The lowest BCUT2D eigenvalue weighted by molar-refractivity contribution is 0.0951. The third kappa shape index (κ3) is 3.70. The van der Waals surface area contributed by atoms with E-state index in [4.69, 9.17) is 10.6 Å². The van der Waals surface area contributed by atoms with Crippen molar-refractivity contribution in [1.29, 1.82) is 0 Å². The second kappa shape index (κ2) is 6.71. The minimum Gasteiger partial charge on any atom is -0.497 e. The molecule has 0 saturated heterocycles. The van der Waals surface area contributed by atoms with Crippen molar-refractivity contribution >= 4 is 11.6 Å². The summed E-state index contributed by atoms with van der Waals surface area (Å²) in [6, 6.07) is 9.24. The number of carbonyl (C=O) groups is 1. The lowest BCUT2D eigenvalue weighted by Gasteiger charge is -2.10. The fraction of sp³-hybridized carbons (Fsp3) is 0.200. The Kier molecular flexibility index (Phi) is 4.73. The molecule has 6 heteroatoms. The van der Waals surface area contributed by atoms with Gasteiger partial charge in [0.25, 0.3) is 5.91 Å². The van der Waals surface area contributed by atoms with E-state index >= 15 is 0 Å². The molecule has 0 unspecified atom stereocenters. The van der Waals surface area contributed by atoms with Gasteiger partial charge in [-0.3, -0.25) is 15.6 Å². The van der Waals surface area contributed by atoms with Crippen molar-refractivity contribution in [2.24, 2.45) is 5.84 Å². The van der Waals surface area contributed by atoms with Crippen molar-refractivity contribution in [3.63, 3.8) is 0 Å². The number of anilines is 1. The van der Waals surface area contributed by atoms with Crippen LogP contribution in [0.5, 0.6) is 5.75 Å². The van der Waals surface area contributed by atoms with Gasteiger partial charge < -0.3 is 15.5 Å². The first-order valence-electron chi connectivity index (χ1n) is 6.48. The standard InChI is InChI=1S/C15H18N4O2/c1-10-6-14(19-16)13(9-17-10)15(20)18-8-11-4-3-5-12(7-11)21-2/h3-7,9H,8,16H2,1-2H3,(H,17,19)(H,18,20). The fourth-order valence-electron chi connectivity index (χ4n) is 1.92. The van der Waals surface area contributed by atoms with Crippen LogP contribution in [-0.4, -0.2) is 18.0 Å². The Morgan fingerprint density at radius 1 is 1.38 bits per heavy atom. The molecule has 0 aliphatic carbocycles. The monoisotopic (exact) mass is 286 g/mol. The maximum atomic E-state index is 12.2. The Bertz CT molecular complexity index is 643. The molecule has 1 heterocycles. The van der Waals surface area contributed by atoms with Gasteiger partial charge in [-0.05, 0) is 30.7 Å². The van der Waals surface area contributed by atoms with Crippen LogP contribution in [0.2, 0.25) is 0 Å². The highest BCUT2D eigenvalue weighted by Crippen LogP contribution is 2.15. The molecular formula is C15H18N4O2. The van der Waals surface area contributed by atoms with Gasteiger partial charge in [0.2, 0.25) is 0 Å². The average Bonchev–Trinajstić information content (AvgIpc) is 2.52. The van der Waals surface area contributed by atoms with E-state index in [9.17, 15) is 4.79 Å².